The fourth-order valence-corrected chi connectivity index (χ4v) is 1.93. The quantitative estimate of drug-likeness (QED) is 0.777. The summed E-state index contributed by atoms with van der Waals surface area (Å²) < 4.78 is 5.10. The zero-order valence-electron chi connectivity index (χ0n) is 10.5. The number of β-amino-alcohol motifs (C(OH)–C–C–N with tert-alkyl or cyclic N) is 1. The topological polar surface area (TPSA) is 70.6 Å². The van der Waals surface area contributed by atoms with Gasteiger partial charge in [-0.05, 0) is 18.5 Å². The van der Waals surface area contributed by atoms with Crippen molar-refractivity contribution in [2.24, 2.45) is 0 Å². The van der Waals surface area contributed by atoms with Crippen LogP contribution in [0, 0.1) is 0 Å². The third-order valence-corrected chi connectivity index (χ3v) is 2.97. The van der Waals surface area contributed by atoms with Crippen LogP contribution in [0.25, 0.3) is 0 Å². The molecule has 1 amide bonds. The van der Waals surface area contributed by atoms with Gasteiger partial charge >= 0.3 is 6.09 Å². The van der Waals surface area contributed by atoms with Gasteiger partial charge in [0.15, 0.2) is 0 Å². The maximum absolute atomic E-state index is 11.6. The molecule has 6 heteroatoms. The lowest BCUT2D eigenvalue weighted by molar-refractivity contribution is 0.0864. The van der Waals surface area contributed by atoms with E-state index in [-0.39, 0.29) is 25.1 Å². The number of halogens is 1. The highest BCUT2D eigenvalue weighted by Gasteiger charge is 2.24. The summed E-state index contributed by atoms with van der Waals surface area (Å²) in [5, 5.41) is 15.4. The molecule has 0 spiro atoms. The number of aliphatic hydroxyl groups is 1. The zero-order valence-corrected chi connectivity index (χ0v) is 11.4. The molecule has 3 N–H and O–H groups in total. The summed E-state index contributed by atoms with van der Waals surface area (Å²) in [5.41, 5.74) is 0.943. The lowest BCUT2D eigenvalue weighted by Crippen LogP contribution is -2.52. The number of amides is 1. The van der Waals surface area contributed by atoms with Gasteiger partial charge in [-0.1, -0.05) is 30.3 Å². The van der Waals surface area contributed by atoms with Crippen molar-refractivity contribution in [3.05, 3.63) is 35.9 Å². The summed E-state index contributed by atoms with van der Waals surface area (Å²) in [6.45, 7) is 1.54. The van der Waals surface area contributed by atoms with Crippen molar-refractivity contribution in [2.75, 3.05) is 13.1 Å². The van der Waals surface area contributed by atoms with Crippen molar-refractivity contribution in [2.45, 2.75) is 25.2 Å². The van der Waals surface area contributed by atoms with Crippen LogP contribution in [-0.2, 0) is 11.3 Å². The maximum Gasteiger partial charge on any atom is 0.407 e. The van der Waals surface area contributed by atoms with E-state index in [2.05, 4.69) is 10.6 Å². The van der Waals surface area contributed by atoms with Crippen LogP contribution in [0.5, 0.6) is 0 Å². The van der Waals surface area contributed by atoms with Gasteiger partial charge in [-0.3, -0.25) is 0 Å². The maximum atomic E-state index is 11.6. The largest absolute Gasteiger partial charge is 0.445 e. The molecule has 2 atom stereocenters. The number of carbonyl (C=O) groups is 1. The fraction of sp³-hybridized carbons (Fsp3) is 0.462. The minimum atomic E-state index is -0.553. The average molecular weight is 287 g/mol. The first-order chi connectivity index (χ1) is 8.75. The third kappa shape index (κ3) is 5.06. The predicted octanol–water partition coefficient (Wildman–Crippen LogP) is 1.06. The molecule has 1 saturated heterocycles. The van der Waals surface area contributed by atoms with Gasteiger partial charge in [0.1, 0.15) is 6.61 Å². The van der Waals surface area contributed by atoms with Gasteiger partial charge in [0.25, 0.3) is 0 Å². The highest BCUT2D eigenvalue weighted by molar-refractivity contribution is 5.85. The first-order valence-corrected chi connectivity index (χ1v) is 6.11. The first kappa shape index (κ1) is 15.8. The van der Waals surface area contributed by atoms with Crippen molar-refractivity contribution >= 4 is 18.5 Å². The Morgan fingerprint density at radius 1 is 1.42 bits per heavy atom. The summed E-state index contributed by atoms with van der Waals surface area (Å²) in [7, 11) is 0. The third-order valence-electron chi connectivity index (χ3n) is 2.97. The van der Waals surface area contributed by atoms with E-state index in [1.807, 2.05) is 30.3 Å². The minimum Gasteiger partial charge on any atom is -0.445 e. The molecule has 1 aromatic rings. The van der Waals surface area contributed by atoms with Gasteiger partial charge in [0, 0.05) is 6.54 Å². The molecule has 19 heavy (non-hydrogen) atoms. The molecule has 0 aromatic heterocycles. The van der Waals surface area contributed by atoms with E-state index in [4.69, 9.17) is 4.74 Å². The van der Waals surface area contributed by atoms with Crippen molar-refractivity contribution in [3.63, 3.8) is 0 Å². The minimum absolute atomic E-state index is 0. The SMILES string of the molecule is Cl.O=C(NC1CCNCC1O)OCc1ccccc1. The number of carbonyl (C=O) groups excluding carboxylic acids is 1. The van der Waals surface area contributed by atoms with E-state index in [0.717, 1.165) is 12.1 Å². The van der Waals surface area contributed by atoms with E-state index in [9.17, 15) is 9.90 Å². The Morgan fingerprint density at radius 3 is 2.84 bits per heavy atom. The zero-order chi connectivity index (χ0) is 12.8. The normalized spacial score (nSPS) is 22.2. The number of ether oxygens (including phenoxy) is 1. The Kier molecular flexibility index (Phi) is 6.62. The van der Waals surface area contributed by atoms with Crippen LogP contribution < -0.4 is 10.6 Å². The number of hydrogen-bond donors (Lipinski definition) is 3. The number of hydrogen-bond acceptors (Lipinski definition) is 4. The van der Waals surface area contributed by atoms with Gasteiger partial charge in [0.2, 0.25) is 0 Å². The summed E-state index contributed by atoms with van der Waals surface area (Å²) in [5.74, 6) is 0. The Morgan fingerprint density at radius 2 is 2.16 bits per heavy atom. The van der Waals surface area contributed by atoms with Gasteiger partial charge in [-0.25, -0.2) is 4.79 Å². The lowest BCUT2D eigenvalue weighted by atomic mass is 10.0. The fourth-order valence-electron chi connectivity index (χ4n) is 1.93. The second kappa shape index (κ2) is 7.99. The van der Waals surface area contributed by atoms with Crippen molar-refractivity contribution in [1.82, 2.24) is 10.6 Å². The van der Waals surface area contributed by atoms with Crippen LogP contribution in [0.4, 0.5) is 4.79 Å². The van der Waals surface area contributed by atoms with Gasteiger partial charge < -0.3 is 20.5 Å². The Balaban J connectivity index is 0.00000180. The molecule has 106 valence electrons. The Bertz CT molecular complexity index is 389. The molecule has 1 aliphatic heterocycles. The number of alkyl carbamates (subject to hydrolysis) is 1. The molecule has 1 aromatic carbocycles. The number of piperidine rings is 1. The Hall–Kier alpha value is -1.30. The second-order valence-corrected chi connectivity index (χ2v) is 4.37. The monoisotopic (exact) mass is 286 g/mol. The summed E-state index contributed by atoms with van der Waals surface area (Å²) in [4.78, 5) is 11.6. The summed E-state index contributed by atoms with van der Waals surface area (Å²) >= 11 is 0. The molecular weight excluding hydrogens is 268 g/mol. The van der Waals surface area contributed by atoms with Gasteiger partial charge in [-0.2, -0.15) is 0 Å². The lowest BCUT2D eigenvalue weighted by Gasteiger charge is -2.28. The van der Waals surface area contributed by atoms with Gasteiger partial charge in [0.05, 0.1) is 12.1 Å². The predicted molar refractivity (Wildman–Crippen MR) is 74.3 cm³/mol. The molecule has 2 unspecified atom stereocenters. The van der Waals surface area contributed by atoms with Crippen LogP contribution in [-0.4, -0.2) is 36.4 Å². The van der Waals surface area contributed by atoms with Crippen LogP contribution >= 0.6 is 12.4 Å². The van der Waals surface area contributed by atoms with E-state index in [0.29, 0.717) is 13.0 Å². The second-order valence-electron chi connectivity index (χ2n) is 4.37. The standard InChI is InChI=1S/C13H18N2O3.ClH/c16-12-8-14-7-6-11(12)15-13(17)18-9-10-4-2-1-3-5-10;/h1-5,11-12,14,16H,6-9H2,(H,15,17);1H. The highest BCUT2D eigenvalue weighted by Crippen LogP contribution is 2.05. The molecule has 2 rings (SSSR count). The van der Waals surface area contributed by atoms with E-state index >= 15 is 0 Å². The van der Waals surface area contributed by atoms with E-state index in [1.54, 1.807) is 0 Å². The molecule has 0 saturated carbocycles. The summed E-state index contributed by atoms with van der Waals surface area (Å²) in [6.07, 6.45) is -0.324. The van der Waals surface area contributed by atoms with Crippen molar-refractivity contribution in [3.8, 4) is 0 Å². The Labute approximate surface area is 118 Å². The van der Waals surface area contributed by atoms with E-state index in [1.165, 1.54) is 0 Å². The molecule has 5 nitrogen and oxygen atoms in total. The number of nitrogens with one attached hydrogen (secondary N) is 2. The van der Waals surface area contributed by atoms with Crippen LogP contribution in [0.15, 0.2) is 30.3 Å². The molecule has 0 radical (unpaired) electrons. The molecule has 0 bridgehead atoms. The first-order valence-electron chi connectivity index (χ1n) is 6.11. The number of benzene rings is 1. The molecule has 1 heterocycles. The molecule has 0 aliphatic carbocycles. The van der Waals surface area contributed by atoms with Gasteiger partial charge in [-0.15, -0.1) is 12.4 Å². The highest BCUT2D eigenvalue weighted by atomic mass is 35.5. The van der Waals surface area contributed by atoms with E-state index < -0.39 is 12.2 Å². The smallest absolute Gasteiger partial charge is 0.407 e. The molecule has 1 aliphatic rings. The number of aliphatic hydroxyl groups excluding tert-OH is 1. The average Bonchev–Trinajstić information content (AvgIpc) is 2.40. The molecule has 1 fully saturated rings. The van der Waals surface area contributed by atoms with Crippen molar-refractivity contribution in [1.29, 1.82) is 0 Å². The van der Waals surface area contributed by atoms with Crippen molar-refractivity contribution < 1.29 is 14.6 Å². The molecular formula is C13H19ClN2O3. The van der Waals surface area contributed by atoms with Crippen LogP contribution in [0.1, 0.15) is 12.0 Å². The number of rotatable bonds is 3. The summed E-state index contributed by atoms with van der Waals surface area (Å²) in [6, 6.07) is 9.27. The van der Waals surface area contributed by atoms with Crippen LogP contribution in [0.3, 0.4) is 0 Å². The van der Waals surface area contributed by atoms with Crippen LogP contribution in [0.2, 0.25) is 0 Å².